The summed E-state index contributed by atoms with van der Waals surface area (Å²) >= 11 is 0. The second kappa shape index (κ2) is 10.1. The van der Waals surface area contributed by atoms with Gasteiger partial charge in [-0.05, 0) is 25.7 Å². The maximum absolute atomic E-state index is 12.9. The molecule has 0 radical (unpaired) electrons. The van der Waals surface area contributed by atoms with Gasteiger partial charge in [0.05, 0.1) is 0 Å². The highest BCUT2D eigenvalue weighted by Gasteiger charge is 2.36. The highest BCUT2D eigenvalue weighted by Crippen LogP contribution is 2.30. The van der Waals surface area contributed by atoms with Crippen molar-refractivity contribution >= 4 is 29.9 Å². The first-order chi connectivity index (χ1) is 10.6. The summed E-state index contributed by atoms with van der Waals surface area (Å²) in [7, 11) is 3.07. The SMILES string of the molecule is CN=C(NCc1cn(C)nc1C(F)(F)F)NC(C)CCC(C)C.I. The molecule has 9 heteroatoms. The van der Waals surface area contributed by atoms with Crippen molar-refractivity contribution in [3.05, 3.63) is 17.5 Å². The monoisotopic (exact) mass is 461 g/mol. The van der Waals surface area contributed by atoms with E-state index in [0.717, 1.165) is 12.8 Å². The quantitative estimate of drug-likeness (QED) is 0.387. The average molecular weight is 461 g/mol. The number of hydrogen-bond acceptors (Lipinski definition) is 2. The minimum Gasteiger partial charge on any atom is -0.354 e. The largest absolute Gasteiger partial charge is 0.435 e. The molecule has 0 saturated heterocycles. The molecule has 0 bridgehead atoms. The Morgan fingerprint density at radius 1 is 1.29 bits per heavy atom. The zero-order valence-electron chi connectivity index (χ0n) is 14.7. The number of alkyl halides is 3. The smallest absolute Gasteiger partial charge is 0.354 e. The van der Waals surface area contributed by atoms with Crippen LogP contribution in [0.4, 0.5) is 13.2 Å². The third kappa shape index (κ3) is 7.71. The molecule has 1 heterocycles. The van der Waals surface area contributed by atoms with E-state index < -0.39 is 11.9 Å². The molecule has 2 N–H and O–H groups in total. The van der Waals surface area contributed by atoms with Crippen LogP contribution < -0.4 is 10.6 Å². The molecule has 0 amide bonds. The van der Waals surface area contributed by atoms with Crippen molar-refractivity contribution in [3.63, 3.8) is 0 Å². The van der Waals surface area contributed by atoms with Crippen molar-refractivity contribution in [2.45, 2.75) is 52.4 Å². The fourth-order valence-electron chi connectivity index (χ4n) is 2.17. The fourth-order valence-corrected chi connectivity index (χ4v) is 2.17. The van der Waals surface area contributed by atoms with Gasteiger partial charge < -0.3 is 10.6 Å². The van der Waals surface area contributed by atoms with Gasteiger partial charge in [-0.1, -0.05) is 13.8 Å². The van der Waals surface area contributed by atoms with E-state index in [4.69, 9.17) is 0 Å². The molecule has 5 nitrogen and oxygen atoms in total. The van der Waals surface area contributed by atoms with Crippen LogP contribution in [0.3, 0.4) is 0 Å². The lowest BCUT2D eigenvalue weighted by Crippen LogP contribution is -2.42. The lowest BCUT2D eigenvalue weighted by Gasteiger charge is -2.18. The molecular weight excluding hydrogens is 434 g/mol. The van der Waals surface area contributed by atoms with Crippen LogP contribution in [0, 0.1) is 5.92 Å². The van der Waals surface area contributed by atoms with Crippen LogP contribution in [0.1, 0.15) is 44.9 Å². The lowest BCUT2D eigenvalue weighted by molar-refractivity contribution is -0.142. The molecule has 1 aromatic heterocycles. The van der Waals surface area contributed by atoms with Crippen molar-refractivity contribution in [1.29, 1.82) is 0 Å². The van der Waals surface area contributed by atoms with Gasteiger partial charge in [-0.25, -0.2) is 0 Å². The molecule has 0 aliphatic heterocycles. The Morgan fingerprint density at radius 3 is 2.42 bits per heavy atom. The van der Waals surface area contributed by atoms with E-state index in [2.05, 4.69) is 34.6 Å². The summed E-state index contributed by atoms with van der Waals surface area (Å²) in [4.78, 5) is 4.05. The third-order valence-electron chi connectivity index (χ3n) is 3.40. The molecule has 0 aromatic carbocycles. The van der Waals surface area contributed by atoms with E-state index in [1.54, 1.807) is 7.05 Å². The number of hydrogen-bond donors (Lipinski definition) is 2. The Hall–Kier alpha value is -1.00. The molecule has 0 aliphatic carbocycles. The van der Waals surface area contributed by atoms with E-state index in [9.17, 15) is 13.2 Å². The van der Waals surface area contributed by atoms with Gasteiger partial charge >= 0.3 is 6.18 Å². The molecule has 1 atom stereocenters. The zero-order chi connectivity index (χ0) is 17.6. The number of nitrogens with one attached hydrogen (secondary N) is 2. The predicted molar refractivity (Wildman–Crippen MR) is 100 cm³/mol. The standard InChI is InChI=1S/C15H26F3N5.HI/c1-10(2)6-7-11(3)21-14(19-4)20-8-12-9-23(5)22-13(12)15(16,17)18;/h9-11H,6-8H2,1-5H3,(H2,19,20,21);1H. The van der Waals surface area contributed by atoms with Crippen molar-refractivity contribution in [2.24, 2.45) is 18.0 Å². The fraction of sp³-hybridized carbons (Fsp3) is 0.733. The Bertz CT molecular complexity index is 526. The molecule has 1 rings (SSSR count). The van der Waals surface area contributed by atoms with Crippen LogP contribution in [0.25, 0.3) is 0 Å². The van der Waals surface area contributed by atoms with E-state index >= 15 is 0 Å². The number of guanidine groups is 1. The van der Waals surface area contributed by atoms with Crippen molar-refractivity contribution in [3.8, 4) is 0 Å². The van der Waals surface area contributed by atoms with Crippen LogP contribution in [-0.2, 0) is 19.8 Å². The molecule has 140 valence electrons. The first-order valence-electron chi connectivity index (χ1n) is 7.70. The van der Waals surface area contributed by atoms with E-state index in [1.165, 1.54) is 17.9 Å². The van der Waals surface area contributed by atoms with Gasteiger partial charge in [-0.3, -0.25) is 9.67 Å². The molecule has 0 aliphatic rings. The first kappa shape index (κ1) is 23.0. The summed E-state index contributed by atoms with van der Waals surface area (Å²) in [6, 6.07) is 0.194. The predicted octanol–water partition coefficient (Wildman–Crippen LogP) is 3.55. The van der Waals surface area contributed by atoms with Gasteiger partial charge in [-0.15, -0.1) is 24.0 Å². The van der Waals surface area contributed by atoms with Gasteiger partial charge in [0.15, 0.2) is 11.7 Å². The highest BCUT2D eigenvalue weighted by atomic mass is 127. The van der Waals surface area contributed by atoms with Crippen molar-refractivity contribution in [1.82, 2.24) is 20.4 Å². The van der Waals surface area contributed by atoms with Crippen LogP contribution >= 0.6 is 24.0 Å². The minimum absolute atomic E-state index is 0. The number of rotatable bonds is 6. The third-order valence-corrected chi connectivity index (χ3v) is 3.40. The second-order valence-corrected chi connectivity index (χ2v) is 6.12. The number of nitrogens with zero attached hydrogens (tertiary/aromatic N) is 3. The normalized spacial score (nSPS) is 13.6. The minimum atomic E-state index is -4.46. The van der Waals surface area contributed by atoms with Gasteiger partial charge in [0.1, 0.15) is 0 Å². The molecule has 0 spiro atoms. The zero-order valence-corrected chi connectivity index (χ0v) is 17.1. The number of aromatic nitrogens is 2. The lowest BCUT2D eigenvalue weighted by atomic mass is 10.0. The summed E-state index contributed by atoms with van der Waals surface area (Å²) in [6.45, 7) is 6.35. The Labute approximate surface area is 158 Å². The number of aliphatic imine (C=N–C) groups is 1. The van der Waals surface area contributed by atoms with Gasteiger partial charge in [-0.2, -0.15) is 18.3 Å². The summed E-state index contributed by atoms with van der Waals surface area (Å²) in [5, 5.41) is 9.59. The maximum atomic E-state index is 12.9. The van der Waals surface area contributed by atoms with Crippen LogP contribution in [0.5, 0.6) is 0 Å². The van der Waals surface area contributed by atoms with E-state index in [0.29, 0.717) is 11.9 Å². The summed E-state index contributed by atoms with van der Waals surface area (Å²) in [6.07, 6.45) is -1.05. The van der Waals surface area contributed by atoms with Crippen LogP contribution in [-0.4, -0.2) is 28.8 Å². The van der Waals surface area contributed by atoms with E-state index in [1.807, 2.05) is 6.92 Å². The highest BCUT2D eigenvalue weighted by molar-refractivity contribution is 14.0. The summed E-state index contributed by atoms with van der Waals surface area (Å²) in [5.74, 6) is 1.09. The van der Waals surface area contributed by atoms with E-state index in [-0.39, 0.29) is 42.1 Å². The molecule has 1 unspecified atom stereocenters. The molecule has 24 heavy (non-hydrogen) atoms. The molecule has 1 aromatic rings. The number of halogens is 4. The topological polar surface area (TPSA) is 54.2 Å². The van der Waals surface area contributed by atoms with Crippen LogP contribution in [0.2, 0.25) is 0 Å². The molecule has 0 fully saturated rings. The van der Waals surface area contributed by atoms with Crippen LogP contribution in [0.15, 0.2) is 11.2 Å². The first-order valence-corrected chi connectivity index (χ1v) is 7.70. The maximum Gasteiger partial charge on any atom is 0.435 e. The molecule has 0 saturated carbocycles. The Balaban J connectivity index is 0.00000529. The van der Waals surface area contributed by atoms with Gasteiger partial charge in [0.25, 0.3) is 0 Å². The Morgan fingerprint density at radius 2 is 1.92 bits per heavy atom. The Kier molecular flexibility index (Phi) is 9.68. The molecular formula is C15H27F3IN5. The van der Waals surface area contributed by atoms with Gasteiger partial charge in [0, 0.05) is 38.4 Å². The summed E-state index contributed by atoms with van der Waals surface area (Å²) < 4.78 is 39.9. The van der Waals surface area contributed by atoms with Crippen molar-refractivity contribution < 1.29 is 13.2 Å². The van der Waals surface area contributed by atoms with Gasteiger partial charge in [0.2, 0.25) is 0 Å². The second-order valence-electron chi connectivity index (χ2n) is 6.12. The average Bonchev–Trinajstić information content (AvgIpc) is 2.82. The number of aryl methyl sites for hydroxylation is 1. The summed E-state index contributed by atoms with van der Waals surface area (Å²) in [5.41, 5.74) is -0.770. The van der Waals surface area contributed by atoms with Crippen molar-refractivity contribution in [2.75, 3.05) is 7.05 Å².